The van der Waals surface area contributed by atoms with Gasteiger partial charge < -0.3 is 19.6 Å². The van der Waals surface area contributed by atoms with E-state index >= 15 is 8.78 Å². The monoisotopic (exact) mass is 735 g/mol. The van der Waals surface area contributed by atoms with Gasteiger partial charge >= 0.3 is 0 Å². The number of aliphatic hydroxyl groups excluding tert-OH is 1. The molecule has 0 spiro atoms. The van der Waals surface area contributed by atoms with Crippen LogP contribution in [-0.4, -0.2) is 96.9 Å². The first-order valence-corrected chi connectivity index (χ1v) is 18.9. The Hall–Kier alpha value is -3.89. The van der Waals surface area contributed by atoms with E-state index in [0.29, 0.717) is 32.2 Å². The van der Waals surface area contributed by atoms with E-state index in [1.807, 2.05) is 42.5 Å². The van der Waals surface area contributed by atoms with Crippen molar-refractivity contribution in [3.05, 3.63) is 89.2 Å². The molecule has 2 saturated heterocycles. The Kier molecular flexibility index (Phi) is 11.6. The van der Waals surface area contributed by atoms with Crippen LogP contribution < -0.4 is 4.74 Å². The Labute approximate surface area is 311 Å². The fraction of sp³-hybridized carbons (Fsp3) is 0.512. The second-order valence-electron chi connectivity index (χ2n) is 15.4. The number of likely N-dealkylation sites (tertiary alicyclic amines) is 2. The number of hydrogen-bond donors (Lipinski definition) is 1. The molecule has 3 fully saturated rings. The van der Waals surface area contributed by atoms with Gasteiger partial charge in [0.15, 0.2) is 0 Å². The normalized spacial score (nSPS) is 19.5. The number of amides is 1. The SMILES string of the molecule is C=C(C)C(F)(F)C1(C(=O)N(C)[C@@H](Cc2cccc3c(-c4ccc(CN5CCC(F)CC5)cc4OC)cccc23)C(O)=C2CC2)CCN(CC(C)F)CC1. The number of fused-ring (bicyclic) bond motifs is 1. The Morgan fingerprint density at radius 2 is 1.68 bits per heavy atom. The van der Waals surface area contributed by atoms with Crippen molar-refractivity contribution in [2.24, 2.45) is 5.41 Å². The van der Waals surface area contributed by atoms with Crippen LogP contribution in [0.4, 0.5) is 17.6 Å². The summed E-state index contributed by atoms with van der Waals surface area (Å²) in [5.41, 5.74) is 2.16. The summed E-state index contributed by atoms with van der Waals surface area (Å²) in [5.74, 6) is -3.47. The van der Waals surface area contributed by atoms with E-state index in [4.69, 9.17) is 4.74 Å². The highest BCUT2D eigenvalue weighted by Gasteiger charge is 2.61. The number of halogens is 4. The number of carbonyl (C=O) groups is 1. The van der Waals surface area contributed by atoms with Crippen LogP contribution in [0.25, 0.3) is 21.9 Å². The maximum absolute atomic E-state index is 16.2. The lowest BCUT2D eigenvalue weighted by molar-refractivity contribution is -0.173. The zero-order valence-electron chi connectivity index (χ0n) is 31.4. The number of piperidine rings is 2. The number of aliphatic hydroxyl groups is 1. The van der Waals surface area contributed by atoms with Gasteiger partial charge in [0.25, 0.3) is 5.92 Å². The predicted octanol–water partition coefficient (Wildman–Crippen LogP) is 9.08. The number of nitrogens with zero attached hydrogens (tertiary/aromatic N) is 3. The molecule has 2 atom stereocenters. The van der Waals surface area contributed by atoms with E-state index in [1.54, 1.807) is 12.0 Å². The standard InChI is InChI=1S/C43H53F4N3O3/c1-28(2)43(46,47)42(18-22-50(23-19-42)26-29(3)44)41(52)48(4)38(40(51)31-13-14-31)25-32-8-6-10-35-34(32)9-7-11-36(35)37-15-12-30(24-39(37)53-5)27-49-20-16-33(45)17-21-49/h6-12,15,24,29,33,38,51H,1,13-14,16-23,25-27H2,2-5H3/t29?,38-/m0/s1. The van der Waals surface area contributed by atoms with E-state index in [0.717, 1.165) is 57.4 Å². The third-order valence-electron chi connectivity index (χ3n) is 11.6. The Balaban J connectivity index is 1.32. The van der Waals surface area contributed by atoms with Crippen LogP contribution >= 0.6 is 0 Å². The highest BCUT2D eigenvalue weighted by molar-refractivity contribution is 5.99. The molecule has 1 N–H and O–H groups in total. The maximum Gasteiger partial charge on any atom is 0.283 e. The summed E-state index contributed by atoms with van der Waals surface area (Å²) in [6, 6.07) is 17.2. The average Bonchev–Trinajstić information content (AvgIpc) is 4.00. The van der Waals surface area contributed by atoms with Crippen molar-refractivity contribution in [3.8, 4) is 16.9 Å². The van der Waals surface area contributed by atoms with E-state index in [-0.39, 0.29) is 50.2 Å². The summed E-state index contributed by atoms with van der Waals surface area (Å²) in [4.78, 5) is 19.9. The lowest BCUT2D eigenvalue weighted by Crippen LogP contribution is -2.60. The van der Waals surface area contributed by atoms with Gasteiger partial charge in [-0.05, 0) is 110 Å². The van der Waals surface area contributed by atoms with Crippen molar-refractivity contribution < 1.29 is 32.2 Å². The molecule has 3 aliphatic rings. The number of benzene rings is 3. The van der Waals surface area contributed by atoms with E-state index in [2.05, 4.69) is 23.6 Å². The van der Waals surface area contributed by atoms with Gasteiger partial charge in [0.2, 0.25) is 5.91 Å². The Morgan fingerprint density at radius 3 is 2.30 bits per heavy atom. The molecule has 0 aromatic heterocycles. The van der Waals surface area contributed by atoms with Crippen LogP contribution in [0.3, 0.4) is 0 Å². The van der Waals surface area contributed by atoms with Crippen molar-refractivity contribution in [3.63, 3.8) is 0 Å². The fourth-order valence-corrected chi connectivity index (χ4v) is 8.36. The van der Waals surface area contributed by atoms with E-state index in [9.17, 15) is 18.7 Å². The van der Waals surface area contributed by atoms with Gasteiger partial charge in [-0.15, -0.1) is 0 Å². The molecule has 1 saturated carbocycles. The summed E-state index contributed by atoms with van der Waals surface area (Å²) in [6.07, 6.45) is 0.549. The number of hydrogen-bond acceptors (Lipinski definition) is 5. The second kappa shape index (κ2) is 15.8. The summed E-state index contributed by atoms with van der Waals surface area (Å²) in [6.45, 7) is 8.85. The Morgan fingerprint density at radius 1 is 1.02 bits per heavy atom. The molecule has 10 heteroatoms. The molecule has 286 valence electrons. The molecule has 2 aliphatic heterocycles. The second-order valence-corrected chi connectivity index (χ2v) is 15.4. The van der Waals surface area contributed by atoms with Crippen molar-refractivity contribution in [2.45, 2.75) is 89.6 Å². The topological polar surface area (TPSA) is 56.3 Å². The van der Waals surface area contributed by atoms with Crippen molar-refractivity contribution in [2.75, 3.05) is 46.9 Å². The Bertz CT molecular complexity index is 1840. The van der Waals surface area contributed by atoms with Gasteiger partial charge in [-0.3, -0.25) is 9.69 Å². The minimum atomic E-state index is -3.51. The van der Waals surface area contributed by atoms with Crippen LogP contribution in [0.15, 0.2) is 78.1 Å². The van der Waals surface area contributed by atoms with Crippen molar-refractivity contribution in [1.82, 2.24) is 14.7 Å². The molecule has 1 unspecified atom stereocenters. The van der Waals surface area contributed by atoms with Crippen molar-refractivity contribution in [1.29, 1.82) is 0 Å². The summed E-state index contributed by atoms with van der Waals surface area (Å²) >= 11 is 0. The average molecular weight is 736 g/mol. The van der Waals surface area contributed by atoms with Crippen LogP contribution in [0.5, 0.6) is 5.75 Å². The summed E-state index contributed by atoms with van der Waals surface area (Å²) in [7, 11) is 3.16. The lowest BCUT2D eigenvalue weighted by Gasteiger charge is -2.47. The predicted molar refractivity (Wildman–Crippen MR) is 203 cm³/mol. The smallest absolute Gasteiger partial charge is 0.283 e. The highest BCUT2D eigenvalue weighted by Crippen LogP contribution is 2.51. The minimum Gasteiger partial charge on any atom is -0.510 e. The highest BCUT2D eigenvalue weighted by atomic mass is 19.3. The zero-order chi connectivity index (χ0) is 38.1. The molecule has 3 aromatic rings. The van der Waals surface area contributed by atoms with E-state index < -0.39 is 35.6 Å². The van der Waals surface area contributed by atoms with Crippen LogP contribution in [0.1, 0.15) is 63.5 Å². The first kappa shape index (κ1) is 38.8. The molecule has 0 bridgehead atoms. The summed E-state index contributed by atoms with van der Waals surface area (Å²) in [5, 5.41) is 13.5. The van der Waals surface area contributed by atoms with Crippen LogP contribution in [0.2, 0.25) is 0 Å². The van der Waals surface area contributed by atoms with Gasteiger partial charge in [0, 0.05) is 45.2 Å². The number of carbonyl (C=O) groups excluding carboxylic acids is 1. The number of rotatable bonds is 13. The zero-order valence-corrected chi connectivity index (χ0v) is 31.4. The minimum absolute atomic E-state index is 0.0551. The van der Waals surface area contributed by atoms with Crippen LogP contribution in [0, 0.1) is 5.41 Å². The van der Waals surface area contributed by atoms with Gasteiger partial charge in [-0.1, -0.05) is 55.1 Å². The van der Waals surface area contributed by atoms with Crippen LogP contribution in [-0.2, 0) is 17.8 Å². The molecule has 3 aromatic carbocycles. The van der Waals surface area contributed by atoms with Gasteiger partial charge in [0.05, 0.1) is 13.2 Å². The molecule has 2 heterocycles. The first-order chi connectivity index (χ1) is 25.3. The fourth-order valence-electron chi connectivity index (χ4n) is 8.36. The largest absolute Gasteiger partial charge is 0.510 e. The molecule has 6 rings (SSSR count). The number of methoxy groups -OCH3 is 1. The molecule has 6 nitrogen and oxygen atoms in total. The molecule has 1 aliphatic carbocycles. The lowest BCUT2D eigenvalue weighted by atomic mass is 9.69. The molecule has 53 heavy (non-hydrogen) atoms. The molecular formula is C43H53F4N3O3. The number of allylic oxidation sites excluding steroid dienone is 2. The third kappa shape index (κ3) is 8.00. The number of alkyl halides is 4. The number of ether oxygens (including phenoxy) is 1. The van der Waals surface area contributed by atoms with Gasteiger partial charge in [-0.25, -0.2) is 17.6 Å². The van der Waals surface area contributed by atoms with Gasteiger partial charge in [-0.2, -0.15) is 0 Å². The molecular weight excluding hydrogens is 682 g/mol. The first-order valence-electron chi connectivity index (χ1n) is 18.9. The van der Waals surface area contributed by atoms with E-state index in [1.165, 1.54) is 25.8 Å². The van der Waals surface area contributed by atoms with Gasteiger partial charge in [0.1, 0.15) is 29.3 Å². The van der Waals surface area contributed by atoms with Crippen molar-refractivity contribution >= 4 is 16.7 Å². The maximum atomic E-state index is 16.2. The number of likely N-dealkylation sites (N-methyl/N-ethyl adjacent to an activating group) is 1. The molecule has 1 amide bonds. The quantitative estimate of drug-likeness (QED) is 0.108. The molecule has 0 radical (unpaired) electrons. The third-order valence-corrected chi connectivity index (χ3v) is 11.6. The summed E-state index contributed by atoms with van der Waals surface area (Å²) < 4.78 is 66.0.